The fraction of sp³-hybridized carbons (Fsp3) is 0.156. The van der Waals surface area contributed by atoms with Gasteiger partial charge in [-0.2, -0.15) is 0 Å². The highest BCUT2D eigenvalue weighted by molar-refractivity contribution is 7.13. The summed E-state index contributed by atoms with van der Waals surface area (Å²) in [6.45, 7) is 0.127. The topological polar surface area (TPSA) is 61.3 Å². The first-order valence-corrected chi connectivity index (χ1v) is 13.5. The Hall–Kier alpha value is -4.29. The summed E-state index contributed by atoms with van der Waals surface area (Å²) in [6.07, 6.45) is 4.79. The smallest absolute Gasteiger partial charge is 0.339 e. The van der Waals surface area contributed by atoms with E-state index in [-0.39, 0.29) is 12.6 Å². The molecule has 1 aliphatic rings. The number of methoxy groups -OCH3 is 1. The lowest BCUT2D eigenvalue weighted by Gasteiger charge is -2.22. The molecular weight excluding hydrogens is 492 g/mol. The van der Waals surface area contributed by atoms with Crippen molar-refractivity contribution in [2.24, 2.45) is 0 Å². The van der Waals surface area contributed by atoms with E-state index in [0.29, 0.717) is 5.56 Å². The van der Waals surface area contributed by atoms with Gasteiger partial charge >= 0.3 is 5.97 Å². The second-order valence-corrected chi connectivity index (χ2v) is 10.1. The van der Waals surface area contributed by atoms with Gasteiger partial charge in [-0.15, -0.1) is 11.3 Å². The Morgan fingerprint density at radius 2 is 1.74 bits per heavy atom. The van der Waals surface area contributed by atoms with Crippen LogP contribution in [0.15, 0.2) is 84.2 Å². The summed E-state index contributed by atoms with van der Waals surface area (Å²) in [5.41, 5.74) is 7.26. The summed E-state index contributed by atoms with van der Waals surface area (Å²) >= 11 is 1.55. The Morgan fingerprint density at radius 1 is 0.947 bits per heavy atom. The lowest BCUT2D eigenvalue weighted by molar-refractivity contribution is 0.0469. The summed E-state index contributed by atoms with van der Waals surface area (Å²) in [5.74, 6) is 0.487. The van der Waals surface area contributed by atoms with E-state index in [2.05, 4.69) is 11.1 Å². The van der Waals surface area contributed by atoms with Crippen molar-refractivity contribution >= 4 is 39.9 Å². The number of esters is 1. The first-order valence-electron chi connectivity index (χ1n) is 12.6. The van der Waals surface area contributed by atoms with Crippen LogP contribution in [-0.4, -0.2) is 23.0 Å². The van der Waals surface area contributed by atoms with Crippen LogP contribution in [0.3, 0.4) is 0 Å². The van der Waals surface area contributed by atoms with Gasteiger partial charge in [0.15, 0.2) is 0 Å². The van der Waals surface area contributed by atoms with E-state index < -0.39 is 0 Å². The number of fused-ring (bicyclic) bond motifs is 2. The van der Waals surface area contributed by atoms with Gasteiger partial charge in [0, 0.05) is 16.3 Å². The third-order valence-corrected chi connectivity index (χ3v) is 7.69. The van der Waals surface area contributed by atoms with E-state index in [0.717, 1.165) is 74.6 Å². The first-order chi connectivity index (χ1) is 18.7. The molecule has 5 nitrogen and oxygen atoms in total. The van der Waals surface area contributed by atoms with Crippen LogP contribution in [0.4, 0.5) is 0 Å². The Bertz CT molecular complexity index is 1640. The quantitative estimate of drug-likeness (QED) is 0.217. The fourth-order valence-corrected chi connectivity index (χ4v) is 5.72. The number of para-hydroxylation sites is 1. The number of rotatable bonds is 6. The molecule has 0 amide bonds. The molecule has 2 heterocycles. The molecule has 0 radical (unpaired) electrons. The van der Waals surface area contributed by atoms with Crippen molar-refractivity contribution in [3.05, 3.63) is 112 Å². The van der Waals surface area contributed by atoms with Gasteiger partial charge in [-0.25, -0.2) is 14.8 Å². The highest BCUT2D eigenvalue weighted by atomic mass is 32.1. The van der Waals surface area contributed by atoms with E-state index in [1.807, 2.05) is 84.2 Å². The Labute approximate surface area is 225 Å². The van der Waals surface area contributed by atoms with Crippen molar-refractivity contribution < 1.29 is 14.3 Å². The molecule has 5 aromatic rings. The second-order valence-electron chi connectivity index (χ2n) is 9.21. The van der Waals surface area contributed by atoms with E-state index >= 15 is 0 Å². The van der Waals surface area contributed by atoms with E-state index in [9.17, 15) is 4.79 Å². The molecule has 188 valence electrons. The minimum absolute atomic E-state index is 0.127. The molecule has 0 bridgehead atoms. The summed E-state index contributed by atoms with van der Waals surface area (Å²) < 4.78 is 11.2. The Kier molecular flexibility index (Phi) is 6.71. The molecule has 3 aromatic carbocycles. The number of carbonyl (C=O) groups excluding carboxylic acids is 1. The fourth-order valence-electron chi connectivity index (χ4n) is 4.91. The number of carbonyl (C=O) groups is 1. The molecule has 0 atom stereocenters. The van der Waals surface area contributed by atoms with Crippen molar-refractivity contribution in [1.82, 2.24) is 9.97 Å². The van der Waals surface area contributed by atoms with Gasteiger partial charge in [-0.05, 0) is 60.2 Å². The van der Waals surface area contributed by atoms with Crippen LogP contribution in [0.5, 0.6) is 5.75 Å². The molecule has 0 saturated heterocycles. The van der Waals surface area contributed by atoms with Crippen LogP contribution < -0.4 is 4.74 Å². The standard InChI is InChI=1S/C32H26N2O3S/c1-36-25-16-14-21(15-17-25)18-23-10-7-12-27-29(26-11-5-6-13-28(26)34-30(23)27)32(35)37-19-24-20-38-31(33-24)22-8-3-2-4-9-22/h2-6,8-9,11,13-18,20H,7,10,12,19H2,1H3. The van der Waals surface area contributed by atoms with Crippen molar-refractivity contribution in [2.45, 2.75) is 25.9 Å². The zero-order chi connectivity index (χ0) is 25.9. The average molecular weight is 519 g/mol. The maximum Gasteiger partial charge on any atom is 0.339 e. The minimum atomic E-state index is -0.334. The van der Waals surface area contributed by atoms with Crippen LogP contribution in [0.1, 0.15) is 45.7 Å². The highest BCUT2D eigenvalue weighted by Crippen LogP contribution is 2.37. The van der Waals surface area contributed by atoms with Crippen molar-refractivity contribution in [2.75, 3.05) is 7.11 Å². The maximum absolute atomic E-state index is 13.6. The molecule has 6 heteroatoms. The van der Waals surface area contributed by atoms with E-state index in [1.54, 1.807) is 18.4 Å². The summed E-state index contributed by atoms with van der Waals surface area (Å²) in [4.78, 5) is 23.3. The Morgan fingerprint density at radius 3 is 2.55 bits per heavy atom. The number of hydrogen-bond acceptors (Lipinski definition) is 6. The van der Waals surface area contributed by atoms with E-state index in [4.69, 9.17) is 14.5 Å². The largest absolute Gasteiger partial charge is 0.497 e. The average Bonchev–Trinajstić information content (AvgIpc) is 3.45. The number of hydrogen-bond donors (Lipinski definition) is 0. The molecule has 38 heavy (non-hydrogen) atoms. The molecule has 0 unspecified atom stereocenters. The molecule has 0 N–H and O–H groups in total. The number of thiazole rings is 1. The van der Waals surface area contributed by atoms with Crippen LogP contribution in [0.25, 0.3) is 33.1 Å². The zero-order valence-corrected chi connectivity index (χ0v) is 21.8. The molecule has 0 spiro atoms. The second kappa shape index (κ2) is 10.6. The molecule has 0 aliphatic heterocycles. The molecular formula is C32H26N2O3S. The normalized spacial score (nSPS) is 13.9. The zero-order valence-electron chi connectivity index (χ0n) is 21.0. The third kappa shape index (κ3) is 4.83. The maximum atomic E-state index is 13.6. The summed E-state index contributed by atoms with van der Waals surface area (Å²) in [6, 6.07) is 25.8. The van der Waals surface area contributed by atoms with Crippen LogP contribution in [0, 0.1) is 0 Å². The van der Waals surface area contributed by atoms with Gasteiger partial charge in [-0.1, -0.05) is 60.7 Å². The van der Waals surface area contributed by atoms with Gasteiger partial charge in [-0.3, -0.25) is 0 Å². The molecule has 0 saturated carbocycles. The number of benzene rings is 3. The van der Waals surface area contributed by atoms with Gasteiger partial charge < -0.3 is 9.47 Å². The van der Waals surface area contributed by atoms with Gasteiger partial charge in [0.25, 0.3) is 0 Å². The minimum Gasteiger partial charge on any atom is -0.497 e. The molecule has 2 aromatic heterocycles. The van der Waals surface area contributed by atoms with E-state index in [1.165, 1.54) is 0 Å². The van der Waals surface area contributed by atoms with Crippen LogP contribution in [0.2, 0.25) is 0 Å². The van der Waals surface area contributed by atoms with Gasteiger partial charge in [0.2, 0.25) is 0 Å². The summed E-state index contributed by atoms with van der Waals surface area (Å²) in [7, 11) is 1.66. The third-order valence-electron chi connectivity index (χ3n) is 6.75. The highest BCUT2D eigenvalue weighted by Gasteiger charge is 2.26. The first kappa shape index (κ1) is 24.1. The van der Waals surface area contributed by atoms with Crippen LogP contribution >= 0.6 is 11.3 Å². The lowest BCUT2D eigenvalue weighted by Crippen LogP contribution is -2.15. The number of aromatic nitrogens is 2. The predicted molar refractivity (Wildman–Crippen MR) is 152 cm³/mol. The lowest BCUT2D eigenvalue weighted by atomic mass is 9.86. The number of ether oxygens (including phenoxy) is 2. The number of pyridine rings is 1. The molecule has 6 rings (SSSR count). The SMILES string of the molecule is COc1ccc(C=C2CCCc3c2nc2ccccc2c3C(=O)OCc2csc(-c3ccccc3)n2)cc1. The summed E-state index contributed by atoms with van der Waals surface area (Å²) in [5, 5.41) is 3.69. The van der Waals surface area contributed by atoms with Crippen molar-refractivity contribution in [3.8, 4) is 16.3 Å². The molecule has 0 fully saturated rings. The predicted octanol–water partition coefficient (Wildman–Crippen LogP) is 7.60. The number of allylic oxidation sites excluding steroid dienone is 1. The van der Waals surface area contributed by atoms with Crippen molar-refractivity contribution in [3.63, 3.8) is 0 Å². The monoisotopic (exact) mass is 518 g/mol. The van der Waals surface area contributed by atoms with Crippen LogP contribution in [-0.2, 0) is 17.8 Å². The Balaban J connectivity index is 1.33. The number of nitrogens with zero attached hydrogens (tertiary/aromatic N) is 2. The van der Waals surface area contributed by atoms with Gasteiger partial charge in [0.1, 0.15) is 17.4 Å². The van der Waals surface area contributed by atoms with Gasteiger partial charge in [0.05, 0.1) is 29.6 Å². The molecule has 1 aliphatic carbocycles. The van der Waals surface area contributed by atoms with Crippen molar-refractivity contribution in [1.29, 1.82) is 0 Å².